The Morgan fingerprint density at radius 2 is 1.83 bits per heavy atom. The topological polar surface area (TPSA) is 48.1 Å². The number of hydrogen-bond donors (Lipinski definition) is 1. The van der Waals surface area contributed by atoms with E-state index in [0.29, 0.717) is 10.9 Å². The van der Waals surface area contributed by atoms with E-state index in [-0.39, 0.29) is 0 Å². The molecule has 0 saturated heterocycles. The van der Waals surface area contributed by atoms with E-state index >= 15 is 0 Å². The van der Waals surface area contributed by atoms with Gasteiger partial charge >= 0.3 is 0 Å². The minimum absolute atomic E-state index is 0.336. The molecule has 0 saturated carbocycles. The summed E-state index contributed by atoms with van der Waals surface area (Å²) in [7, 11) is 0. The number of hydrogen-bond acceptors (Lipinski definition) is 3. The van der Waals surface area contributed by atoms with E-state index in [9.17, 15) is 0 Å². The third-order valence-electron chi connectivity index (χ3n) is 2.44. The van der Waals surface area contributed by atoms with Crippen molar-refractivity contribution in [1.82, 2.24) is 4.98 Å². The van der Waals surface area contributed by atoms with Gasteiger partial charge in [-0.25, -0.2) is 4.98 Å². The average Bonchev–Trinajstić information content (AvgIpc) is 2.27. The molecule has 1 aromatic heterocycles. The number of ether oxygens (including phenoxy) is 1. The predicted octanol–water partition coefficient (Wildman–Crippen LogP) is 3.12. The van der Waals surface area contributed by atoms with Crippen molar-refractivity contribution in [2.45, 2.75) is 13.8 Å². The van der Waals surface area contributed by atoms with Crippen molar-refractivity contribution in [2.75, 3.05) is 0 Å². The van der Waals surface area contributed by atoms with Crippen molar-refractivity contribution < 1.29 is 4.74 Å². The fraction of sp³-hybridized carbons (Fsp3) is 0.143. The SMILES string of the molecule is Cc1cc(C)cc(Oc2cc(C(N)=S)ccn2)c1. The van der Waals surface area contributed by atoms with Crippen LogP contribution in [0.1, 0.15) is 16.7 Å². The Kier molecular flexibility index (Phi) is 3.58. The molecule has 2 rings (SSSR count). The normalized spacial score (nSPS) is 10.1. The first-order valence-electron chi connectivity index (χ1n) is 5.56. The number of nitrogens with zero attached hydrogens (tertiary/aromatic N) is 1. The summed E-state index contributed by atoms with van der Waals surface area (Å²) < 4.78 is 5.70. The Hall–Kier alpha value is -1.94. The average molecular weight is 258 g/mol. The number of thiocarbonyl (C=S) groups is 1. The summed E-state index contributed by atoms with van der Waals surface area (Å²) in [5, 5.41) is 0. The van der Waals surface area contributed by atoms with Crippen LogP contribution in [0.3, 0.4) is 0 Å². The predicted molar refractivity (Wildman–Crippen MR) is 76.1 cm³/mol. The van der Waals surface area contributed by atoms with Crippen molar-refractivity contribution in [3.8, 4) is 11.6 Å². The summed E-state index contributed by atoms with van der Waals surface area (Å²) in [6.45, 7) is 4.05. The molecule has 0 spiro atoms. The first-order chi connectivity index (χ1) is 8.54. The fourth-order valence-corrected chi connectivity index (χ4v) is 1.86. The maximum Gasteiger partial charge on any atom is 0.219 e. The highest BCUT2D eigenvalue weighted by atomic mass is 32.1. The molecule has 0 aliphatic rings. The highest BCUT2D eigenvalue weighted by Crippen LogP contribution is 2.22. The van der Waals surface area contributed by atoms with Gasteiger partial charge in [-0.2, -0.15) is 0 Å². The van der Waals surface area contributed by atoms with Crippen LogP contribution in [0.15, 0.2) is 36.5 Å². The van der Waals surface area contributed by atoms with Crippen LogP contribution < -0.4 is 10.5 Å². The Labute approximate surface area is 112 Å². The zero-order chi connectivity index (χ0) is 13.1. The van der Waals surface area contributed by atoms with E-state index in [4.69, 9.17) is 22.7 Å². The summed E-state index contributed by atoms with van der Waals surface area (Å²) in [5.41, 5.74) is 8.62. The summed E-state index contributed by atoms with van der Waals surface area (Å²) in [6.07, 6.45) is 1.63. The van der Waals surface area contributed by atoms with E-state index in [2.05, 4.69) is 11.1 Å². The van der Waals surface area contributed by atoms with Crippen molar-refractivity contribution in [3.63, 3.8) is 0 Å². The molecular formula is C14H14N2OS. The maximum absolute atomic E-state index is 5.70. The molecule has 0 bridgehead atoms. The van der Waals surface area contributed by atoms with Crippen molar-refractivity contribution >= 4 is 17.2 Å². The standard InChI is InChI=1S/C14H14N2OS/c1-9-5-10(2)7-12(6-9)17-13-8-11(14(15)18)3-4-16-13/h3-8H,1-2H3,(H2,15,18). The van der Waals surface area contributed by atoms with Gasteiger partial charge in [0.1, 0.15) is 10.7 Å². The molecule has 0 radical (unpaired) electrons. The van der Waals surface area contributed by atoms with Gasteiger partial charge in [-0.05, 0) is 43.2 Å². The van der Waals surface area contributed by atoms with Gasteiger partial charge in [-0.3, -0.25) is 0 Å². The van der Waals surface area contributed by atoms with E-state index in [1.54, 1.807) is 18.3 Å². The van der Waals surface area contributed by atoms with E-state index < -0.39 is 0 Å². The molecule has 3 nitrogen and oxygen atoms in total. The number of aryl methyl sites for hydroxylation is 2. The van der Waals surface area contributed by atoms with Gasteiger partial charge in [0.05, 0.1) is 0 Å². The van der Waals surface area contributed by atoms with Gasteiger partial charge in [-0.15, -0.1) is 0 Å². The second-order valence-corrected chi connectivity index (χ2v) is 4.61. The number of aromatic nitrogens is 1. The zero-order valence-corrected chi connectivity index (χ0v) is 11.1. The van der Waals surface area contributed by atoms with Crippen molar-refractivity contribution in [3.05, 3.63) is 53.2 Å². The van der Waals surface area contributed by atoms with Crippen molar-refractivity contribution in [2.24, 2.45) is 5.73 Å². The summed E-state index contributed by atoms with van der Waals surface area (Å²) in [4.78, 5) is 4.47. The van der Waals surface area contributed by atoms with Crippen LogP contribution in [0, 0.1) is 13.8 Å². The lowest BCUT2D eigenvalue weighted by molar-refractivity contribution is 0.462. The Morgan fingerprint density at radius 3 is 2.44 bits per heavy atom. The van der Waals surface area contributed by atoms with Crippen LogP contribution in [0.5, 0.6) is 11.6 Å². The highest BCUT2D eigenvalue weighted by molar-refractivity contribution is 7.80. The number of nitrogens with two attached hydrogens (primary N) is 1. The van der Waals surface area contributed by atoms with Gasteiger partial charge in [0, 0.05) is 17.8 Å². The fourth-order valence-electron chi connectivity index (χ4n) is 1.73. The van der Waals surface area contributed by atoms with Crippen LogP contribution in [0.25, 0.3) is 0 Å². The highest BCUT2D eigenvalue weighted by Gasteiger charge is 2.03. The quantitative estimate of drug-likeness (QED) is 0.859. The second kappa shape index (κ2) is 5.14. The van der Waals surface area contributed by atoms with E-state index in [1.165, 1.54) is 0 Å². The third-order valence-corrected chi connectivity index (χ3v) is 2.67. The monoisotopic (exact) mass is 258 g/mol. The lowest BCUT2D eigenvalue weighted by Gasteiger charge is -2.07. The maximum atomic E-state index is 5.70. The molecule has 0 unspecified atom stereocenters. The Morgan fingerprint density at radius 1 is 1.17 bits per heavy atom. The van der Waals surface area contributed by atoms with Crippen LogP contribution in [0.2, 0.25) is 0 Å². The van der Waals surface area contributed by atoms with Gasteiger partial charge in [-0.1, -0.05) is 18.3 Å². The lowest BCUT2D eigenvalue weighted by atomic mass is 10.1. The summed E-state index contributed by atoms with van der Waals surface area (Å²) in [6, 6.07) is 9.51. The van der Waals surface area contributed by atoms with Crippen LogP contribution in [-0.4, -0.2) is 9.97 Å². The molecular weight excluding hydrogens is 244 g/mol. The third kappa shape index (κ3) is 3.05. The number of rotatable bonds is 3. The van der Waals surface area contributed by atoms with Crippen LogP contribution in [0.4, 0.5) is 0 Å². The van der Waals surface area contributed by atoms with Crippen LogP contribution in [-0.2, 0) is 0 Å². The number of pyridine rings is 1. The molecule has 1 aromatic carbocycles. The molecule has 1 heterocycles. The molecule has 92 valence electrons. The lowest BCUT2D eigenvalue weighted by Crippen LogP contribution is -2.09. The van der Waals surface area contributed by atoms with Gasteiger partial charge in [0.2, 0.25) is 5.88 Å². The zero-order valence-electron chi connectivity index (χ0n) is 10.3. The first kappa shape index (κ1) is 12.5. The largest absolute Gasteiger partial charge is 0.439 e. The minimum atomic E-state index is 0.336. The van der Waals surface area contributed by atoms with E-state index in [0.717, 1.165) is 22.4 Å². The summed E-state index contributed by atoms with van der Waals surface area (Å²) in [5.74, 6) is 1.25. The van der Waals surface area contributed by atoms with Gasteiger partial charge in [0.25, 0.3) is 0 Å². The smallest absolute Gasteiger partial charge is 0.219 e. The molecule has 0 atom stereocenters. The van der Waals surface area contributed by atoms with E-state index in [1.807, 2.05) is 26.0 Å². The second-order valence-electron chi connectivity index (χ2n) is 4.17. The van der Waals surface area contributed by atoms with Gasteiger partial charge < -0.3 is 10.5 Å². The molecule has 0 amide bonds. The molecule has 0 aliphatic heterocycles. The summed E-state index contributed by atoms with van der Waals surface area (Å²) >= 11 is 4.92. The molecule has 0 aliphatic carbocycles. The molecule has 4 heteroatoms. The van der Waals surface area contributed by atoms with Crippen LogP contribution >= 0.6 is 12.2 Å². The minimum Gasteiger partial charge on any atom is -0.439 e. The van der Waals surface area contributed by atoms with Gasteiger partial charge in [0.15, 0.2) is 0 Å². The van der Waals surface area contributed by atoms with Crippen molar-refractivity contribution in [1.29, 1.82) is 0 Å². The molecule has 2 N–H and O–H groups in total. The molecule has 18 heavy (non-hydrogen) atoms. The molecule has 0 fully saturated rings. The number of benzene rings is 1. The Balaban J connectivity index is 2.28. The first-order valence-corrected chi connectivity index (χ1v) is 5.97. The Bertz CT molecular complexity index is 576. The molecule has 2 aromatic rings.